The minimum absolute atomic E-state index is 0.0460. The quantitative estimate of drug-likeness (QED) is 0.146. The third-order valence-corrected chi connectivity index (χ3v) is 6.65. The number of aromatic nitrogens is 2. The fourth-order valence-electron chi connectivity index (χ4n) is 2.75. The Kier molecular flexibility index (Phi) is 7.74. The molecule has 1 N–H and O–H groups in total. The predicted octanol–water partition coefficient (Wildman–Crippen LogP) is 3.33. The van der Waals surface area contributed by atoms with Crippen molar-refractivity contribution in [2.45, 2.75) is 18.2 Å². The fourth-order valence-corrected chi connectivity index (χ4v) is 4.53. The number of carbonyl (C=O) groups excluding carboxylic acids is 1. The van der Waals surface area contributed by atoms with Gasteiger partial charge in [0.25, 0.3) is 11.6 Å². The van der Waals surface area contributed by atoms with Gasteiger partial charge in [0.1, 0.15) is 16.6 Å². The first-order valence-corrected chi connectivity index (χ1v) is 12.0. The van der Waals surface area contributed by atoms with Crippen molar-refractivity contribution in [3.63, 3.8) is 0 Å². The molecule has 0 atom stereocenters. The molecule has 0 saturated heterocycles. The van der Waals surface area contributed by atoms with Gasteiger partial charge in [0.2, 0.25) is 5.13 Å². The number of nitro benzene ring substituents is 1. The average molecular weight is 516 g/mol. The van der Waals surface area contributed by atoms with E-state index in [4.69, 9.17) is 8.92 Å². The van der Waals surface area contributed by atoms with Crippen molar-refractivity contribution >= 4 is 44.3 Å². The molecule has 0 fully saturated rings. The number of hydrogen-bond donors (Lipinski definition) is 1. The van der Waals surface area contributed by atoms with Crippen LogP contribution in [0.2, 0.25) is 0 Å². The minimum Gasteiger partial charge on any atom is -0.493 e. The van der Waals surface area contributed by atoms with Crippen molar-refractivity contribution in [2.75, 3.05) is 12.4 Å². The molecule has 0 aliphatic heterocycles. The summed E-state index contributed by atoms with van der Waals surface area (Å²) < 4.78 is 35.7. The van der Waals surface area contributed by atoms with Gasteiger partial charge < -0.3 is 8.92 Å². The zero-order chi connectivity index (χ0) is 25.6. The van der Waals surface area contributed by atoms with Gasteiger partial charge in [0.05, 0.1) is 12.0 Å². The molecule has 0 aliphatic carbocycles. The fraction of sp³-hybridized carbons (Fsp3) is 0.143. The average Bonchev–Trinajstić information content (AvgIpc) is 3.30. The van der Waals surface area contributed by atoms with Crippen molar-refractivity contribution in [3.05, 3.63) is 68.7 Å². The Morgan fingerprint density at radius 3 is 2.63 bits per heavy atom. The van der Waals surface area contributed by atoms with Crippen LogP contribution in [0.15, 0.2) is 52.9 Å². The summed E-state index contributed by atoms with van der Waals surface area (Å²) in [5.74, 6) is -0.994. The molecule has 1 aromatic heterocycles. The van der Waals surface area contributed by atoms with Crippen LogP contribution >= 0.6 is 11.3 Å². The number of nitro groups is 1. The van der Waals surface area contributed by atoms with Gasteiger partial charge in [-0.15, -0.1) is 10.2 Å². The second kappa shape index (κ2) is 10.7. The van der Waals surface area contributed by atoms with Crippen molar-refractivity contribution in [2.24, 2.45) is 0 Å². The van der Waals surface area contributed by atoms with Gasteiger partial charge >= 0.3 is 10.1 Å². The monoisotopic (exact) mass is 515 g/mol. The van der Waals surface area contributed by atoms with Crippen LogP contribution in [0.4, 0.5) is 10.8 Å². The van der Waals surface area contributed by atoms with Gasteiger partial charge in [0, 0.05) is 6.07 Å². The Labute approximate surface area is 203 Å². The summed E-state index contributed by atoms with van der Waals surface area (Å²) >= 11 is 1.18. The number of amides is 1. The molecule has 0 radical (unpaired) electrons. The summed E-state index contributed by atoms with van der Waals surface area (Å²) in [6.07, 6.45) is 1.91. The highest BCUT2D eigenvalue weighted by atomic mass is 32.2. The molecular weight excluding hydrogens is 498 g/mol. The third-order valence-electron chi connectivity index (χ3n) is 4.38. The summed E-state index contributed by atoms with van der Waals surface area (Å²) in [5, 5.41) is 31.8. The molecule has 3 aromatic rings. The third kappa shape index (κ3) is 5.96. The highest BCUT2D eigenvalue weighted by Crippen LogP contribution is 2.33. The SMILES string of the molecule is CCc1nnc(NC(=O)C(C#N)=Cc2ccc(OS(=O)(=O)c3ccccc3[N+](=O)[O-])c(OC)c2)s1. The number of rotatable bonds is 9. The topological polar surface area (TPSA) is 174 Å². The highest BCUT2D eigenvalue weighted by Gasteiger charge is 2.28. The summed E-state index contributed by atoms with van der Waals surface area (Å²) in [6.45, 7) is 1.89. The molecule has 0 aliphatic rings. The lowest BCUT2D eigenvalue weighted by Crippen LogP contribution is -2.13. The van der Waals surface area contributed by atoms with Crippen LogP contribution in [-0.2, 0) is 21.3 Å². The van der Waals surface area contributed by atoms with E-state index in [0.29, 0.717) is 12.0 Å². The van der Waals surface area contributed by atoms with Crippen LogP contribution in [0.25, 0.3) is 6.08 Å². The normalized spacial score (nSPS) is 11.4. The highest BCUT2D eigenvalue weighted by molar-refractivity contribution is 7.87. The number of benzene rings is 2. The zero-order valence-electron chi connectivity index (χ0n) is 18.3. The van der Waals surface area contributed by atoms with Gasteiger partial charge in [-0.25, -0.2) is 0 Å². The van der Waals surface area contributed by atoms with E-state index in [9.17, 15) is 28.6 Å². The van der Waals surface area contributed by atoms with Crippen molar-refractivity contribution in [1.29, 1.82) is 5.26 Å². The second-order valence-corrected chi connectivity index (χ2v) is 9.23. The molecular formula is C21H17N5O7S2. The van der Waals surface area contributed by atoms with E-state index in [2.05, 4.69) is 15.5 Å². The van der Waals surface area contributed by atoms with Gasteiger partial charge in [-0.2, -0.15) is 13.7 Å². The number of ether oxygens (including phenoxy) is 1. The van der Waals surface area contributed by atoms with Crippen LogP contribution < -0.4 is 14.2 Å². The summed E-state index contributed by atoms with van der Waals surface area (Å²) in [7, 11) is -3.32. The summed E-state index contributed by atoms with van der Waals surface area (Å²) in [6, 6.07) is 10.5. The van der Waals surface area contributed by atoms with E-state index in [1.165, 1.54) is 54.9 Å². The van der Waals surface area contributed by atoms with E-state index < -0.39 is 31.5 Å². The number of aryl methyl sites for hydroxylation is 1. The molecule has 0 unspecified atom stereocenters. The second-order valence-electron chi connectivity index (χ2n) is 6.65. The van der Waals surface area contributed by atoms with Gasteiger partial charge in [-0.05, 0) is 36.3 Å². The lowest BCUT2D eigenvalue weighted by Gasteiger charge is -2.11. The zero-order valence-corrected chi connectivity index (χ0v) is 19.9. The number of methoxy groups -OCH3 is 1. The number of para-hydroxylation sites is 1. The number of nitriles is 1. The van der Waals surface area contributed by atoms with Gasteiger partial charge in [-0.3, -0.25) is 20.2 Å². The first-order valence-electron chi connectivity index (χ1n) is 9.80. The van der Waals surface area contributed by atoms with E-state index in [1.807, 2.05) is 6.92 Å². The molecule has 0 bridgehead atoms. The Bertz CT molecular complexity index is 1460. The summed E-state index contributed by atoms with van der Waals surface area (Å²) in [5.41, 5.74) is -0.561. The van der Waals surface area contributed by atoms with Crippen molar-refractivity contribution in [1.82, 2.24) is 10.2 Å². The molecule has 3 rings (SSSR count). The molecule has 2 aromatic carbocycles. The summed E-state index contributed by atoms with van der Waals surface area (Å²) in [4.78, 5) is 22.2. The number of anilines is 1. The van der Waals surface area contributed by atoms with Crippen LogP contribution in [0.3, 0.4) is 0 Å². The first-order chi connectivity index (χ1) is 16.7. The van der Waals surface area contributed by atoms with Crippen LogP contribution in [0, 0.1) is 21.4 Å². The van der Waals surface area contributed by atoms with E-state index in [-0.39, 0.29) is 22.2 Å². The Balaban J connectivity index is 1.87. The molecule has 0 spiro atoms. The van der Waals surface area contributed by atoms with E-state index in [1.54, 1.807) is 6.07 Å². The Morgan fingerprint density at radius 2 is 2.00 bits per heavy atom. The molecule has 35 heavy (non-hydrogen) atoms. The van der Waals surface area contributed by atoms with Crippen molar-refractivity contribution in [3.8, 4) is 17.6 Å². The Morgan fingerprint density at radius 1 is 1.26 bits per heavy atom. The lowest BCUT2D eigenvalue weighted by atomic mass is 10.1. The molecule has 180 valence electrons. The van der Waals surface area contributed by atoms with E-state index >= 15 is 0 Å². The minimum atomic E-state index is -4.58. The van der Waals surface area contributed by atoms with Gasteiger partial charge in [-0.1, -0.05) is 36.5 Å². The molecule has 1 heterocycles. The van der Waals surface area contributed by atoms with Gasteiger partial charge in [0.15, 0.2) is 16.4 Å². The number of carbonyl (C=O) groups is 1. The van der Waals surface area contributed by atoms with E-state index in [0.717, 1.165) is 17.1 Å². The molecule has 0 saturated carbocycles. The maximum absolute atomic E-state index is 12.7. The largest absolute Gasteiger partial charge is 0.493 e. The number of nitrogens with one attached hydrogen (secondary N) is 1. The standard InChI is InChI=1S/C21H17N5O7S2/c1-3-19-24-25-21(34-19)23-20(27)14(12-22)10-13-8-9-16(17(11-13)32-2)33-35(30,31)18-7-5-4-6-15(18)26(28)29/h4-11H,3H2,1-2H3,(H,23,25,27). The maximum Gasteiger partial charge on any atom is 0.346 e. The maximum atomic E-state index is 12.7. The van der Waals surface area contributed by atoms with Crippen LogP contribution in [0.5, 0.6) is 11.5 Å². The smallest absolute Gasteiger partial charge is 0.346 e. The molecule has 1 amide bonds. The molecule has 12 nitrogen and oxygen atoms in total. The predicted molar refractivity (Wildman–Crippen MR) is 125 cm³/mol. The number of hydrogen-bond acceptors (Lipinski definition) is 11. The van der Waals surface area contributed by atoms with Crippen LogP contribution in [-0.4, -0.2) is 36.6 Å². The van der Waals surface area contributed by atoms with Crippen molar-refractivity contribution < 1.29 is 27.1 Å². The first kappa shape index (κ1) is 25.3. The lowest BCUT2D eigenvalue weighted by molar-refractivity contribution is -0.387. The Hall–Kier alpha value is -4.35. The number of nitrogens with zero attached hydrogens (tertiary/aromatic N) is 4. The van der Waals surface area contributed by atoms with Crippen LogP contribution in [0.1, 0.15) is 17.5 Å². The molecule has 14 heteroatoms.